The lowest BCUT2D eigenvalue weighted by atomic mass is 9.98. The van der Waals surface area contributed by atoms with E-state index >= 15 is 0 Å². The summed E-state index contributed by atoms with van der Waals surface area (Å²) in [5, 5.41) is 4.08. The van der Waals surface area contributed by atoms with Crippen LogP contribution in [0.3, 0.4) is 0 Å². The zero-order valence-corrected chi connectivity index (χ0v) is 11.2. The minimum Gasteiger partial charge on any atom is -0.381 e. The molecular weight excluding hydrogens is 254 g/mol. The van der Waals surface area contributed by atoms with Crippen molar-refractivity contribution in [2.75, 3.05) is 13.2 Å². The SMILES string of the molecule is Cl.NC1(c2noc(C3CCCOC3)n2)CCCC1. The smallest absolute Gasteiger partial charge is 0.232 e. The Morgan fingerprint density at radius 3 is 2.67 bits per heavy atom. The maximum atomic E-state index is 6.31. The summed E-state index contributed by atoms with van der Waals surface area (Å²) in [6, 6.07) is 0. The van der Waals surface area contributed by atoms with E-state index in [0.29, 0.717) is 18.3 Å². The molecule has 0 spiro atoms. The van der Waals surface area contributed by atoms with E-state index in [9.17, 15) is 0 Å². The third-order valence-corrected chi connectivity index (χ3v) is 3.89. The van der Waals surface area contributed by atoms with E-state index in [-0.39, 0.29) is 23.9 Å². The third-order valence-electron chi connectivity index (χ3n) is 3.89. The maximum absolute atomic E-state index is 6.31. The zero-order valence-electron chi connectivity index (χ0n) is 10.4. The van der Waals surface area contributed by atoms with E-state index in [1.807, 2.05) is 0 Å². The summed E-state index contributed by atoms with van der Waals surface area (Å²) in [5.74, 6) is 1.65. The van der Waals surface area contributed by atoms with E-state index in [0.717, 1.165) is 45.1 Å². The quantitative estimate of drug-likeness (QED) is 0.893. The summed E-state index contributed by atoms with van der Waals surface area (Å²) in [5.41, 5.74) is 5.96. The maximum Gasteiger partial charge on any atom is 0.232 e. The number of rotatable bonds is 2. The molecule has 1 unspecified atom stereocenters. The van der Waals surface area contributed by atoms with Crippen molar-refractivity contribution in [3.63, 3.8) is 0 Å². The summed E-state index contributed by atoms with van der Waals surface area (Å²) in [7, 11) is 0. The molecule has 6 heteroatoms. The average Bonchev–Trinajstić information content (AvgIpc) is 2.99. The third kappa shape index (κ3) is 2.53. The first-order valence-corrected chi connectivity index (χ1v) is 6.49. The summed E-state index contributed by atoms with van der Waals surface area (Å²) >= 11 is 0. The van der Waals surface area contributed by atoms with Crippen LogP contribution in [0, 0.1) is 0 Å². The zero-order chi connectivity index (χ0) is 11.7. The number of ether oxygens (including phenoxy) is 1. The van der Waals surface area contributed by atoms with E-state index in [2.05, 4.69) is 10.1 Å². The Hall–Kier alpha value is -0.650. The lowest BCUT2D eigenvalue weighted by molar-refractivity contribution is 0.0705. The van der Waals surface area contributed by atoms with Gasteiger partial charge in [0.2, 0.25) is 5.89 Å². The molecule has 1 aliphatic heterocycles. The fraction of sp³-hybridized carbons (Fsp3) is 0.833. The van der Waals surface area contributed by atoms with Crippen molar-refractivity contribution < 1.29 is 9.26 Å². The van der Waals surface area contributed by atoms with E-state index < -0.39 is 0 Å². The molecule has 3 rings (SSSR count). The highest BCUT2D eigenvalue weighted by Gasteiger charge is 2.36. The van der Waals surface area contributed by atoms with Crippen LogP contribution in [0.1, 0.15) is 56.2 Å². The van der Waals surface area contributed by atoms with Crippen molar-refractivity contribution in [2.45, 2.75) is 50.0 Å². The average molecular weight is 274 g/mol. The molecule has 1 atom stereocenters. The summed E-state index contributed by atoms with van der Waals surface area (Å²) in [6.07, 6.45) is 6.38. The molecule has 1 aromatic rings. The normalized spacial score (nSPS) is 26.8. The van der Waals surface area contributed by atoms with Gasteiger partial charge in [-0.1, -0.05) is 18.0 Å². The highest BCUT2D eigenvalue weighted by atomic mass is 35.5. The highest BCUT2D eigenvalue weighted by Crippen LogP contribution is 2.35. The molecule has 0 radical (unpaired) electrons. The highest BCUT2D eigenvalue weighted by molar-refractivity contribution is 5.85. The predicted molar refractivity (Wildman–Crippen MR) is 68.7 cm³/mol. The van der Waals surface area contributed by atoms with Crippen LogP contribution >= 0.6 is 12.4 Å². The van der Waals surface area contributed by atoms with Crippen LogP contribution in [0.4, 0.5) is 0 Å². The van der Waals surface area contributed by atoms with Crippen molar-refractivity contribution >= 4 is 12.4 Å². The molecule has 0 aromatic carbocycles. The van der Waals surface area contributed by atoms with Gasteiger partial charge in [0.15, 0.2) is 5.82 Å². The van der Waals surface area contributed by atoms with Crippen molar-refractivity contribution in [1.29, 1.82) is 0 Å². The molecule has 1 aliphatic carbocycles. The Bertz CT molecular complexity index is 384. The van der Waals surface area contributed by atoms with E-state index in [1.165, 1.54) is 0 Å². The van der Waals surface area contributed by atoms with E-state index in [1.54, 1.807) is 0 Å². The fourth-order valence-electron chi connectivity index (χ4n) is 2.77. The second kappa shape index (κ2) is 5.55. The fourth-order valence-corrected chi connectivity index (χ4v) is 2.77. The van der Waals surface area contributed by atoms with Gasteiger partial charge in [-0.15, -0.1) is 12.4 Å². The Morgan fingerprint density at radius 2 is 2.00 bits per heavy atom. The molecule has 2 fully saturated rings. The van der Waals surface area contributed by atoms with Crippen molar-refractivity contribution in [3.8, 4) is 0 Å². The van der Waals surface area contributed by atoms with Crippen LogP contribution < -0.4 is 5.73 Å². The second-order valence-corrected chi connectivity index (χ2v) is 5.23. The van der Waals surface area contributed by atoms with Gasteiger partial charge in [-0.05, 0) is 25.7 Å². The molecule has 0 amide bonds. The Morgan fingerprint density at radius 1 is 1.22 bits per heavy atom. The van der Waals surface area contributed by atoms with Crippen LogP contribution in [-0.2, 0) is 10.3 Å². The van der Waals surface area contributed by atoms with Crippen molar-refractivity contribution in [3.05, 3.63) is 11.7 Å². The molecule has 102 valence electrons. The minimum atomic E-state index is -0.350. The van der Waals surface area contributed by atoms with Crippen molar-refractivity contribution in [2.24, 2.45) is 5.73 Å². The van der Waals surface area contributed by atoms with Gasteiger partial charge >= 0.3 is 0 Å². The lowest BCUT2D eigenvalue weighted by Gasteiger charge is -2.19. The first-order valence-electron chi connectivity index (χ1n) is 6.49. The van der Waals surface area contributed by atoms with Crippen LogP contribution in [-0.4, -0.2) is 23.4 Å². The first-order chi connectivity index (χ1) is 8.28. The molecule has 1 saturated carbocycles. The molecule has 1 saturated heterocycles. The predicted octanol–water partition coefficient (Wildman–Crippen LogP) is 2.11. The Kier molecular flexibility index (Phi) is 4.25. The van der Waals surface area contributed by atoms with Crippen molar-refractivity contribution in [1.82, 2.24) is 10.1 Å². The number of halogens is 1. The molecule has 1 aromatic heterocycles. The van der Waals surface area contributed by atoms with Gasteiger partial charge in [0, 0.05) is 6.61 Å². The molecular formula is C12H20ClN3O2. The van der Waals surface area contributed by atoms with Gasteiger partial charge in [-0.3, -0.25) is 0 Å². The van der Waals surface area contributed by atoms with E-state index in [4.69, 9.17) is 15.0 Å². The second-order valence-electron chi connectivity index (χ2n) is 5.23. The summed E-state index contributed by atoms with van der Waals surface area (Å²) in [6.45, 7) is 1.54. The first kappa shape index (κ1) is 13.8. The van der Waals surface area contributed by atoms with Gasteiger partial charge in [-0.2, -0.15) is 4.98 Å². The summed E-state index contributed by atoms with van der Waals surface area (Å²) < 4.78 is 10.8. The standard InChI is InChI=1S/C12H19N3O2.ClH/c13-12(5-1-2-6-12)11-14-10(17-15-11)9-4-3-7-16-8-9;/h9H,1-8,13H2;1H. The largest absolute Gasteiger partial charge is 0.381 e. The monoisotopic (exact) mass is 273 g/mol. The van der Waals surface area contributed by atoms with Crippen LogP contribution in [0.5, 0.6) is 0 Å². The van der Waals surface area contributed by atoms with Gasteiger partial charge in [0.05, 0.1) is 18.1 Å². The Balaban J connectivity index is 0.00000120. The molecule has 18 heavy (non-hydrogen) atoms. The van der Waals surface area contributed by atoms with Crippen LogP contribution in [0.15, 0.2) is 4.52 Å². The molecule has 5 nitrogen and oxygen atoms in total. The molecule has 0 bridgehead atoms. The van der Waals surface area contributed by atoms with Gasteiger partial charge in [0.1, 0.15) is 0 Å². The van der Waals surface area contributed by atoms with Gasteiger partial charge in [0.25, 0.3) is 0 Å². The topological polar surface area (TPSA) is 74.2 Å². The minimum absolute atomic E-state index is 0. The number of hydrogen-bond donors (Lipinski definition) is 1. The lowest BCUT2D eigenvalue weighted by Crippen LogP contribution is -2.34. The number of nitrogens with zero attached hydrogens (tertiary/aromatic N) is 2. The molecule has 2 aliphatic rings. The number of hydrogen-bond acceptors (Lipinski definition) is 5. The van der Waals surface area contributed by atoms with Gasteiger partial charge in [-0.25, -0.2) is 0 Å². The van der Waals surface area contributed by atoms with Crippen LogP contribution in [0.25, 0.3) is 0 Å². The molecule has 2 heterocycles. The number of nitrogens with two attached hydrogens (primary N) is 1. The van der Waals surface area contributed by atoms with Crippen LogP contribution in [0.2, 0.25) is 0 Å². The Labute approximate surface area is 113 Å². The number of aromatic nitrogens is 2. The molecule has 2 N–H and O–H groups in total. The summed E-state index contributed by atoms with van der Waals surface area (Å²) in [4.78, 5) is 4.50. The van der Waals surface area contributed by atoms with Gasteiger partial charge < -0.3 is 15.0 Å².